The number of aliphatic imine (C=N–C) groups is 1. The lowest BCUT2D eigenvalue weighted by Crippen LogP contribution is -2.30. The molecule has 5 nitrogen and oxygen atoms in total. The molecule has 1 aliphatic heterocycles. The molecule has 0 bridgehead atoms. The lowest BCUT2D eigenvalue weighted by molar-refractivity contribution is 0.0696. The van der Waals surface area contributed by atoms with Crippen LogP contribution in [0.5, 0.6) is 5.75 Å². The van der Waals surface area contributed by atoms with E-state index in [-0.39, 0.29) is 23.3 Å². The zero-order valence-electron chi connectivity index (χ0n) is 15.1. The second-order valence-corrected chi connectivity index (χ2v) is 7.03. The Morgan fingerprint density at radius 2 is 1.92 bits per heavy atom. The summed E-state index contributed by atoms with van der Waals surface area (Å²) in [6.45, 7) is 3.97. The fourth-order valence-electron chi connectivity index (χ4n) is 3.34. The molecule has 0 saturated heterocycles. The van der Waals surface area contributed by atoms with Crippen LogP contribution in [0.4, 0.5) is 0 Å². The Hall–Kier alpha value is -2.95. The molecule has 26 heavy (non-hydrogen) atoms. The van der Waals surface area contributed by atoms with Crippen LogP contribution in [0.1, 0.15) is 52.1 Å². The zero-order valence-corrected chi connectivity index (χ0v) is 15.1. The van der Waals surface area contributed by atoms with Crippen molar-refractivity contribution in [1.82, 2.24) is 0 Å². The molecule has 0 aromatic heterocycles. The third-order valence-corrected chi connectivity index (χ3v) is 4.46. The van der Waals surface area contributed by atoms with Crippen LogP contribution in [-0.4, -0.2) is 35.2 Å². The van der Waals surface area contributed by atoms with Gasteiger partial charge >= 0.3 is 5.97 Å². The summed E-state index contributed by atoms with van der Waals surface area (Å²) in [7, 11) is 1.54. The summed E-state index contributed by atoms with van der Waals surface area (Å²) in [6, 6.07) is 12.1. The van der Waals surface area contributed by atoms with Gasteiger partial charge in [0.1, 0.15) is 5.75 Å². The van der Waals surface area contributed by atoms with Gasteiger partial charge in [-0.2, -0.15) is 0 Å². The van der Waals surface area contributed by atoms with E-state index in [1.165, 1.54) is 7.11 Å². The maximum Gasteiger partial charge on any atom is 0.335 e. The molecule has 0 aliphatic carbocycles. The van der Waals surface area contributed by atoms with Crippen LogP contribution in [0.2, 0.25) is 0 Å². The maximum absolute atomic E-state index is 12.8. The third-order valence-electron chi connectivity index (χ3n) is 4.46. The van der Waals surface area contributed by atoms with Crippen LogP contribution >= 0.6 is 0 Å². The molecule has 0 saturated carbocycles. The fraction of sp³-hybridized carbons (Fsp3) is 0.286. The number of carbonyl (C=O) groups excluding carboxylic acids is 1. The predicted molar refractivity (Wildman–Crippen MR) is 99.7 cm³/mol. The number of ether oxygens (including phenoxy) is 1. The first-order chi connectivity index (χ1) is 12.3. The number of carboxylic acid groups (broad SMARTS) is 1. The molecule has 0 unspecified atom stereocenters. The van der Waals surface area contributed by atoms with Crippen LogP contribution in [0.3, 0.4) is 0 Å². The number of nitrogens with zero attached hydrogens (tertiary/aromatic N) is 1. The molecule has 0 spiro atoms. The number of carbonyl (C=O) groups is 2. The average molecular weight is 351 g/mol. The van der Waals surface area contributed by atoms with Crippen molar-refractivity contribution >= 4 is 17.5 Å². The smallest absolute Gasteiger partial charge is 0.335 e. The van der Waals surface area contributed by atoms with E-state index in [0.29, 0.717) is 23.4 Å². The van der Waals surface area contributed by atoms with Gasteiger partial charge in [0.25, 0.3) is 0 Å². The summed E-state index contributed by atoms with van der Waals surface area (Å²) in [5.74, 6) is -0.499. The number of aromatic carboxylic acids is 1. The van der Waals surface area contributed by atoms with Crippen LogP contribution in [-0.2, 0) is 6.42 Å². The number of para-hydroxylation sites is 1. The highest BCUT2D eigenvalue weighted by atomic mass is 16.5. The SMILES string of the molecule is COc1ccccc1C(=O)CC1=NC(C)(C)Cc2cc(C(=O)O)ccc21. The van der Waals surface area contributed by atoms with Crippen LogP contribution in [0, 0.1) is 0 Å². The van der Waals surface area contributed by atoms with Gasteiger partial charge in [-0.15, -0.1) is 0 Å². The van der Waals surface area contributed by atoms with Crippen LogP contribution < -0.4 is 4.74 Å². The minimum atomic E-state index is -0.959. The molecule has 1 aliphatic rings. The largest absolute Gasteiger partial charge is 0.496 e. The van der Waals surface area contributed by atoms with Gasteiger partial charge < -0.3 is 9.84 Å². The van der Waals surface area contributed by atoms with Crippen LogP contribution in [0.15, 0.2) is 47.5 Å². The number of carboxylic acids is 1. The van der Waals surface area contributed by atoms with E-state index >= 15 is 0 Å². The molecule has 0 radical (unpaired) electrons. The second-order valence-electron chi connectivity index (χ2n) is 7.03. The van der Waals surface area contributed by atoms with Crippen molar-refractivity contribution in [3.05, 3.63) is 64.7 Å². The van der Waals surface area contributed by atoms with E-state index in [1.54, 1.807) is 36.4 Å². The molecule has 134 valence electrons. The molecule has 3 rings (SSSR count). The van der Waals surface area contributed by atoms with Crippen molar-refractivity contribution in [3.8, 4) is 5.75 Å². The van der Waals surface area contributed by atoms with Crippen molar-refractivity contribution in [2.45, 2.75) is 32.2 Å². The molecular weight excluding hydrogens is 330 g/mol. The van der Waals surface area contributed by atoms with Gasteiger partial charge in [-0.3, -0.25) is 9.79 Å². The molecule has 5 heteroatoms. The zero-order chi connectivity index (χ0) is 18.9. The van der Waals surface area contributed by atoms with Crippen molar-refractivity contribution in [1.29, 1.82) is 0 Å². The quantitative estimate of drug-likeness (QED) is 0.832. The highest BCUT2D eigenvalue weighted by Crippen LogP contribution is 2.30. The Morgan fingerprint density at radius 3 is 2.62 bits per heavy atom. The molecule has 2 aromatic carbocycles. The van der Waals surface area contributed by atoms with Gasteiger partial charge in [0, 0.05) is 0 Å². The first-order valence-electron chi connectivity index (χ1n) is 8.42. The molecule has 2 aromatic rings. The fourth-order valence-corrected chi connectivity index (χ4v) is 3.34. The Balaban J connectivity index is 1.98. The third kappa shape index (κ3) is 3.52. The Labute approximate surface area is 152 Å². The van der Waals surface area contributed by atoms with Gasteiger partial charge in [-0.25, -0.2) is 4.79 Å². The lowest BCUT2D eigenvalue weighted by Gasteiger charge is -2.29. The van der Waals surface area contributed by atoms with E-state index in [1.807, 2.05) is 19.9 Å². The highest BCUT2D eigenvalue weighted by molar-refractivity contribution is 6.17. The van der Waals surface area contributed by atoms with Gasteiger partial charge in [0.15, 0.2) is 5.78 Å². The number of Topliss-reactive ketones (excluding diaryl/α,β-unsaturated/α-hetero) is 1. The summed E-state index contributed by atoms with van der Waals surface area (Å²) in [5, 5.41) is 9.24. The number of methoxy groups -OCH3 is 1. The van der Waals surface area contributed by atoms with Crippen molar-refractivity contribution < 1.29 is 19.4 Å². The molecule has 0 amide bonds. The number of fused-ring (bicyclic) bond motifs is 1. The first kappa shape index (κ1) is 17.9. The number of rotatable bonds is 5. The average Bonchev–Trinajstić information content (AvgIpc) is 2.60. The molecule has 0 fully saturated rings. The van der Waals surface area contributed by atoms with E-state index in [0.717, 1.165) is 11.1 Å². The Morgan fingerprint density at radius 1 is 1.19 bits per heavy atom. The van der Waals surface area contributed by atoms with E-state index < -0.39 is 5.97 Å². The number of hydrogen-bond acceptors (Lipinski definition) is 4. The van der Waals surface area contributed by atoms with Crippen molar-refractivity contribution in [3.63, 3.8) is 0 Å². The number of ketones is 1. The lowest BCUT2D eigenvalue weighted by atomic mass is 9.84. The summed E-state index contributed by atoms with van der Waals surface area (Å²) >= 11 is 0. The normalized spacial score (nSPS) is 15.0. The van der Waals surface area contributed by atoms with Crippen molar-refractivity contribution in [2.75, 3.05) is 7.11 Å². The van der Waals surface area contributed by atoms with Gasteiger partial charge in [-0.05, 0) is 55.7 Å². The van der Waals surface area contributed by atoms with E-state index in [2.05, 4.69) is 0 Å². The van der Waals surface area contributed by atoms with Gasteiger partial charge in [0.2, 0.25) is 0 Å². The monoisotopic (exact) mass is 351 g/mol. The summed E-state index contributed by atoms with van der Waals surface area (Å²) in [5.41, 5.74) is 2.82. The second kappa shape index (κ2) is 6.75. The van der Waals surface area contributed by atoms with Gasteiger partial charge in [0.05, 0.1) is 35.9 Å². The Bertz CT molecular complexity index is 912. The summed E-state index contributed by atoms with van der Waals surface area (Å²) < 4.78 is 5.28. The van der Waals surface area contributed by atoms with Crippen LogP contribution in [0.25, 0.3) is 0 Å². The van der Waals surface area contributed by atoms with Crippen molar-refractivity contribution in [2.24, 2.45) is 4.99 Å². The summed E-state index contributed by atoms with van der Waals surface area (Å²) in [6.07, 6.45) is 0.777. The Kier molecular flexibility index (Phi) is 4.64. The summed E-state index contributed by atoms with van der Waals surface area (Å²) in [4.78, 5) is 28.9. The highest BCUT2D eigenvalue weighted by Gasteiger charge is 2.29. The van der Waals surface area contributed by atoms with E-state index in [9.17, 15) is 14.7 Å². The minimum absolute atomic E-state index is 0.0767. The molecule has 0 atom stereocenters. The standard InChI is InChI=1S/C21H21NO4/c1-21(2)12-14-10-13(20(24)25)8-9-15(14)17(22-21)11-18(23)16-6-4-5-7-19(16)26-3/h4-10H,11-12H2,1-3H3,(H,24,25). The predicted octanol–water partition coefficient (Wildman–Crippen LogP) is 3.79. The topological polar surface area (TPSA) is 76.0 Å². The number of benzene rings is 2. The molecular formula is C21H21NO4. The minimum Gasteiger partial charge on any atom is -0.496 e. The maximum atomic E-state index is 12.8. The first-order valence-corrected chi connectivity index (χ1v) is 8.42. The molecule has 1 heterocycles. The van der Waals surface area contributed by atoms with E-state index in [4.69, 9.17) is 9.73 Å². The molecule has 1 N–H and O–H groups in total. The number of hydrogen-bond donors (Lipinski definition) is 1. The van der Waals surface area contributed by atoms with Gasteiger partial charge in [-0.1, -0.05) is 18.2 Å².